The SMILES string of the molecule is CCNc1nc(-c2ccc(NC(=O)c3ccc(C(F)(F)F)cc3)cc2)cs1. The molecule has 1 amide bonds. The summed E-state index contributed by atoms with van der Waals surface area (Å²) in [6, 6.07) is 11.2. The van der Waals surface area contributed by atoms with Gasteiger partial charge in [-0.3, -0.25) is 4.79 Å². The molecule has 0 spiro atoms. The summed E-state index contributed by atoms with van der Waals surface area (Å²) in [5.41, 5.74) is 1.65. The number of hydrogen-bond acceptors (Lipinski definition) is 4. The van der Waals surface area contributed by atoms with Gasteiger partial charge in [0.1, 0.15) is 0 Å². The molecule has 2 N–H and O–H groups in total. The predicted molar refractivity (Wildman–Crippen MR) is 101 cm³/mol. The van der Waals surface area contributed by atoms with Crippen LogP contribution in [0.5, 0.6) is 0 Å². The van der Waals surface area contributed by atoms with Gasteiger partial charge in [-0.05, 0) is 43.3 Å². The zero-order valence-corrected chi connectivity index (χ0v) is 15.1. The van der Waals surface area contributed by atoms with Crippen molar-refractivity contribution in [2.24, 2.45) is 0 Å². The van der Waals surface area contributed by atoms with Gasteiger partial charge in [0.2, 0.25) is 0 Å². The Kier molecular flexibility index (Phi) is 5.46. The molecule has 27 heavy (non-hydrogen) atoms. The second-order valence-corrected chi connectivity index (χ2v) is 6.53. The molecule has 2 aromatic carbocycles. The van der Waals surface area contributed by atoms with Gasteiger partial charge in [-0.1, -0.05) is 12.1 Å². The molecule has 0 aliphatic heterocycles. The first-order valence-electron chi connectivity index (χ1n) is 8.15. The minimum absolute atomic E-state index is 0.154. The molecule has 0 atom stereocenters. The van der Waals surface area contributed by atoms with Crippen molar-refractivity contribution in [1.82, 2.24) is 4.98 Å². The number of halogens is 3. The maximum Gasteiger partial charge on any atom is 0.416 e. The van der Waals surface area contributed by atoms with Crippen molar-refractivity contribution in [1.29, 1.82) is 0 Å². The van der Waals surface area contributed by atoms with Crippen LogP contribution in [0.1, 0.15) is 22.8 Å². The van der Waals surface area contributed by atoms with E-state index in [4.69, 9.17) is 0 Å². The van der Waals surface area contributed by atoms with Crippen LogP contribution in [-0.4, -0.2) is 17.4 Å². The van der Waals surface area contributed by atoms with E-state index >= 15 is 0 Å². The van der Waals surface area contributed by atoms with Gasteiger partial charge in [0, 0.05) is 28.7 Å². The first-order valence-corrected chi connectivity index (χ1v) is 9.03. The van der Waals surface area contributed by atoms with Crippen LogP contribution in [0.15, 0.2) is 53.9 Å². The molecule has 0 saturated heterocycles. The zero-order valence-electron chi connectivity index (χ0n) is 14.3. The Morgan fingerprint density at radius 1 is 1.07 bits per heavy atom. The quantitative estimate of drug-likeness (QED) is 0.603. The van der Waals surface area contributed by atoms with E-state index < -0.39 is 17.6 Å². The summed E-state index contributed by atoms with van der Waals surface area (Å²) in [5.74, 6) is -0.473. The van der Waals surface area contributed by atoms with Gasteiger partial charge in [0.25, 0.3) is 5.91 Å². The fourth-order valence-corrected chi connectivity index (χ4v) is 3.17. The Hall–Kier alpha value is -2.87. The summed E-state index contributed by atoms with van der Waals surface area (Å²) in [7, 11) is 0. The number of rotatable bonds is 5. The van der Waals surface area contributed by atoms with Gasteiger partial charge in [-0.15, -0.1) is 11.3 Å². The van der Waals surface area contributed by atoms with Gasteiger partial charge in [-0.2, -0.15) is 13.2 Å². The highest BCUT2D eigenvalue weighted by atomic mass is 32.1. The second kappa shape index (κ2) is 7.79. The van der Waals surface area contributed by atoms with Crippen LogP contribution in [0.25, 0.3) is 11.3 Å². The van der Waals surface area contributed by atoms with Crippen LogP contribution in [0.3, 0.4) is 0 Å². The van der Waals surface area contributed by atoms with Crippen molar-refractivity contribution >= 4 is 28.1 Å². The van der Waals surface area contributed by atoms with Crippen molar-refractivity contribution in [3.05, 3.63) is 65.0 Å². The van der Waals surface area contributed by atoms with E-state index in [0.29, 0.717) is 5.69 Å². The van der Waals surface area contributed by atoms with Gasteiger partial charge in [0.05, 0.1) is 11.3 Å². The maximum atomic E-state index is 12.6. The van der Waals surface area contributed by atoms with E-state index in [2.05, 4.69) is 15.6 Å². The topological polar surface area (TPSA) is 54.0 Å². The molecule has 0 fully saturated rings. The zero-order chi connectivity index (χ0) is 19.4. The Balaban J connectivity index is 1.67. The third-order valence-corrected chi connectivity index (χ3v) is 4.55. The number of alkyl halides is 3. The summed E-state index contributed by atoms with van der Waals surface area (Å²) in [4.78, 5) is 16.7. The third kappa shape index (κ3) is 4.65. The third-order valence-electron chi connectivity index (χ3n) is 3.75. The Morgan fingerprint density at radius 3 is 2.33 bits per heavy atom. The highest BCUT2D eigenvalue weighted by Gasteiger charge is 2.30. The molecular weight excluding hydrogens is 375 g/mol. The number of nitrogens with one attached hydrogen (secondary N) is 2. The summed E-state index contributed by atoms with van der Waals surface area (Å²) >= 11 is 1.51. The van der Waals surface area contributed by atoms with Crippen LogP contribution >= 0.6 is 11.3 Å². The van der Waals surface area contributed by atoms with Crippen LogP contribution in [0.2, 0.25) is 0 Å². The highest BCUT2D eigenvalue weighted by Crippen LogP contribution is 2.29. The van der Waals surface area contributed by atoms with E-state index in [1.54, 1.807) is 12.1 Å². The van der Waals surface area contributed by atoms with Crippen LogP contribution in [0.4, 0.5) is 24.0 Å². The number of hydrogen-bond donors (Lipinski definition) is 2. The van der Waals surface area contributed by atoms with E-state index in [1.165, 1.54) is 11.3 Å². The van der Waals surface area contributed by atoms with Gasteiger partial charge in [-0.25, -0.2) is 4.98 Å². The summed E-state index contributed by atoms with van der Waals surface area (Å²) in [5, 5.41) is 8.60. The van der Waals surface area contributed by atoms with Crippen molar-refractivity contribution in [3.63, 3.8) is 0 Å². The lowest BCUT2D eigenvalue weighted by Gasteiger charge is -2.09. The molecule has 0 aliphatic rings. The van der Waals surface area contributed by atoms with Crippen LogP contribution < -0.4 is 10.6 Å². The van der Waals surface area contributed by atoms with Crippen molar-refractivity contribution < 1.29 is 18.0 Å². The molecule has 140 valence electrons. The molecule has 0 aliphatic carbocycles. The number of amides is 1. The van der Waals surface area contributed by atoms with Crippen molar-refractivity contribution in [2.75, 3.05) is 17.2 Å². The molecule has 1 aromatic heterocycles. The van der Waals surface area contributed by atoms with Crippen molar-refractivity contribution in [3.8, 4) is 11.3 Å². The summed E-state index contributed by atoms with van der Waals surface area (Å²) in [6.07, 6.45) is -4.42. The molecule has 0 saturated carbocycles. The molecule has 0 radical (unpaired) electrons. The summed E-state index contributed by atoms with van der Waals surface area (Å²) in [6.45, 7) is 2.79. The predicted octanol–water partition coefficient (Wildman–Crippen LogP) is 5.51. The normalized spacial score (nSPS) is 11.3. The first kappa shape index (κ1) is 18.9. The fourth-order valence-electron chi connectivity index (χ4n) is 2.38. The fraction of sp³-hybridized carbons (Fsp3) is 0.158. The molecular formula is C19H16F3N3OS. The number of aromatic nitrogens is 1. The largest absolute Gasteiger partial charge is 0.416 e. The van der Waals surface area contributed by atoms with Gasteiger partial charge < -0.3 is 10.6 Å². The van der Waals surface area contributed by atoms with Gasteiger partial charge in [0.15, 0.2) is 5.13 Å². The smallest absolute Gasteiger partial charge is 0.362 e. The highest BCUT2D eigenvalue weighted by molar-refractivity contribution is 7.14. The maximum absolute atomic E-state index is 12.6. The monoisotopic (exact) mass is 391 g/mol. The number of carbonyl (C=O) groups is 1. The molecule has 8 heteroatoms. The van der Waals surface area contributed by atoms with E-state index in [0.717, 1.165) is 47.2 Å². The first-order chi connectivity index (χ1) is 12.9. The number of anilines is 2. The lowest BCUT2D eigenvalue weighted by molar-refractivity contribution is -0.137. The minimum Gasteiger partial charge on any atom is -0.362 e. The molecule has 0 unspecified atom stereocenters. The number of carbonyl (C=O) groups excluding carboxylic acids is 1. The average molecular weight is 391 g/mol. The molecule has 1 heterocycles. The number of nitrogens with zero attached hydrogens (tertiary/aromatic N) is 1. The molecule has 4 nitrogen and oxygen atoms in total. The number of benzene rings is 2. The Morgan fingerprint density at radius 2 is 1.74 bits per heavy atom. The lowest BCUT2D eigenvalue weighted by Crippen LogP contribution is -2.12. The molecule has 0 bridgehead atoms. The lowest BCUT2D eigenvalue weighted by atomic mass is 10.1. The van der Waals surface area contributed by atoms with Crippen molar-refractivity contribution in [2.45, 2.75) is 13.1 Å². The standard InChI is InChI=1S/C19H16F3N3OS/c1-2-23-18-25-16(11-27-18)12-5-9-15(10-6-12)24-17(26)13-3-7-14(8-4-13)19(20,21)22/h3-11H,2H2,1H3,(H,23,25)(H,24,26). The van der Waals surface area contributed by atoms with Gasteiger partial charge >= 0.3 is 6.18 Å². The second-order valence-electron chi connectivity index (χ2n) is 5.67. The minimum atomic E-state index is -4.42. The average Bonchev–Trinajstić information content (AvgIpc) is 3.11. The Bertz CT molecular complexity index is 919. The Labute approximate surface area is 158 Å². The molecule has 3 aromatic rings. The van der Waals surface area contributed by atoms with E-state index in [9.17, 15) is 18.0 Å². The van der Waals surface area contributed by atoms with E-state index in [1.807, 2.05) is 24.4 Å². The van der Waals surface area contributed by atoms with E-state index in [-0.39, 0.29) is 5.56 Å². The number of thiazole rings is 1. The molecule has 3 rings (SSSR count). The van der Waals surface area contributed by atoms with Crippen LogP contribution in [0, 0.1) is 0 Å². The van der Waals surface area contributed by atoms with Crippen LogP contribution in [-0.2, 0) is 6.18 Å². The summed E-state index contributed by atoms with van der Waals surface area (Å²) < 4.78 is 37.7.